The van der Waals surface area contributed by atoms with E-state index in [-0.39, 0.29) is 23.6 Å². The Morgan fingerprint density at radius 2 is 2.25 bits per heavy atom. The normalized spacial score (nSPS) is 9.70. The zero-order valence-electron chi connectivity index (χ0n) is 10.7. The molecule has 0 unspecified atom stereocenters. The topological polar surface area (TPSA) is 55.1 Å². The molecular formula is C15H13FN2OS. The van der Waals surface area contributed by atoms with Crippen molar-refractivity contribution >= 4 is 17.2 Å². The molecule has 0 spiro atoms. The zero-order valence-corrected chi connectivity index (χ0v) is 11.5. The molecule has 102 valence electrons. The van der Waals surface area contributed by atoms with Crippen molar-refractivity contribution in [2.24, 2.45) is 5.73 Å². The summed E-state index contributed by atoms with van der Waals surface area (Å²) < 4.78 is 13.7. The molecule has 1 aromatic carbocycles. The molecule has 3 N–H and O–H groups in total. The van der Waals surface area contributed by atoms with E-state index in [4.69, 9.17) is 5.73 Å². The molecule has 0 fully saturated rings. The summed E-state index contributed by atoms with van der Waals surface area (Å²) in [5.41, 5.74) is 6.77. The van der Waals surface area contributed by atoms with Crippen LogP contribution in [0.2, 0.25) is 0 Å². The van der Waals surface area contributed by atoms with E-state index in [1.165, 1.54) is 12.1 Å². The fourth-order valence-electron chi connectivity index (χ4n) is 1.58. The van der Waals surface area contributed by atoms with E-state index in [1.807, 2.05) is 16.8 Å². The van der Waals surface area contributed by atoms with Crippen molar-refractivity contribution < 1.29 is 9.18 Å². The predicted octanol–water partition coefficient (Wildman–Crippen LogP) is 2.13. The summed E-state index contributed by atoms with van der Waals surface area (Å²) in [6.07, 6.45) is 0. The zero-order chi connectivity index (χ0) is 14.4. The lowest BCUT2D eigenvalue weighted by atomic mass is 10.1. The number of hydrogen-bond acceptors (Lipinski definition) is 3. The molecule has 1 aromatic heterocycles. The fraction of sp³-hybridized carbons (Fsp3) is 0.133. The summed E-state index contributed by atoms with van der Waals surface area (Å²) >= 11 is 1.56. The van der Waals surface area contributed by atoms with Gasteiger partial charge in [-0.2, -0.15) is 11.3 Å². The number of carbonyl (C=O) groups is 1. The van der Waals surface area contributed by atoms with Crippen LogP contribution in [-0.4, -0.2) is 12.5 Å². The number of carbonyl (C=O) groups excluding carboxylic acids is 1. The molecule has 0 aliphatic carbocycles. The van der Waals surface area contributed by atoms with Gasteiger partial charge in [-0.25, -0.2) is 4.39 Å². The predicted molar refractivity (Wildman–Crippen MR) is 77.8 cm³/mol. The number of hydrogen-bond donors (Lipinski definition) is 2. The van der Waals surface area contributed by atoms with Gasteiger partial charge in [-0.1, -0.05) is 11.8 Å². The number of nitrogens with two attached hydrogens (primary N) is 1. The maximum absolute atomic E-state index is 13.7. The van der Waals surface area contributed by atoms with Gasteiger partial charge in [0.2, 0.25) is 0 Å². The van der Waals surface area contributed by atoms with Crippen LogP contribution in [0.5, 0.6) is 0 Å². The van der Waals surface area contributed by atoms with Crippen molar-refractivity contribution in [1.82, 2.24) is 5.32 Å². The molecule has 1 heterocycles. The minimum Gasteiger partial charge on any atom is -0.348 e. The number of halogens is 1. The van der Waals surface area contributed by atoms with Crippen molar-refractivity contribution in [3.05, 3.63) is 57.5 Å². The molecule has 0 saturated carbocycles. The molecule has 0 aliphatic rings. The highest BCUT2D eigenvalue weighted by molar-refractivity contribution is 7.07. The van der Waals surface area contributed by atoms with Crippen molar-refractivity contribution in [3.8, 4) is 11.8 Å². The second kappa shape index (κ2) is 6.85. The van der Waals surface area contributed by atoms with Crippen molar-refractivity contribution in [2.45, 2.75) is 6.54 Å². The van der Waals surface area contributed by atoms with Gasteiger partial charge >= 0.3 is 0 Å². The van der Waals surface area contributed by atoms with Gasteiger partial charge in [-0.15, -0.1) is 0 Å². The van der Waals surface area contributed by atoms with Crippen LogP contribution < -0.4 is 11.1 Å². The van der Waals surface area contributed by atoms with Crippen LogP contribution in [0.25, 0.3) is 0 Å². The molecule has 3 nitrogen and oxygen atoms in total. The summed E-state index contributed by atoms with van der Waals surface area (Å²) in [7, 11) is 0. The van der Waals surface area contributed by atoms with Gasteiger partial charge in [0, 0.05) is 12.1 Å². The number of thiophene rings is 1. The molecule has 20 heavy (non-hydrogen) atoms. The smallest absolute Gasteiger partial charge is 0.251 e. The van der Waals surface area contributed by atoms with E-state index in [0.29, 0.717) is 6.54 Å². The van der Waals surface area contributed by atoms with Gasteiger partial charge < -0.3 is 11.1 Å². The van der Waals surface area contributed by atoms with Crippen LogP contribution in [0.1, 0.15) is 21.5 Å². The van der Waals surface area contributed by atoms with Crippen LogP contribution in [0.4, 0.5) is 4.39 Å². The average Bonchev–Trinajstić information content (AvgIpc) is 2.96. The quantitative estimate of drug-likeness (QED) is 0.850. The molecule has 5 heteroatoms. The summed E-state index contributed by atoms with van der Waals surface area (Å²) in [4.78, 5) is 11.9. The van der Waals surface area contributed by atoms with Gasteiger partial charge in [-0.05, 0) is 40.6 Å². The first kappa shape index (κ1) is 14.3. The lowest BCUT2D eigenvalue weighted by Gasteiger charge is -2.04. The molecule has 0 atom stereocenters. The minimum absolute atomic E-state index is 0.169. The van der Waals surface area contributed by atoms with E-state index in [1.54, 1.807) is 17.4 Å². The highest BCUT2D eigenvalue weighted by atomic mass is 32.1. The number of benzene rings is 1. The highest BCUT2D eigenvalue weighted by Gasteiger charge is 2.08. The van der Waals surface area contributed by atoms with E-state index < -0.39 is 5.82 Å². The Kier molecular flexibility index (Phi) is 4.88. The Labute approximate surface area is 120 Å². The molecule has 0 saturated heterocycles. The Morgan fingerprint density at radius 1 is 1.40 bits per heavy atom. The highest BCUT2D eigenvalue weighted by Crippen LogP contribution is 2.10. The molecule has 2 rings (SSSR count). The summed E-state index contributed by atoms with van der Waals surface area (Å²) in [6.45, 7) is 0.598. The average molecular weight is 288 g/mol. The van der Waals surface area contributed by atoms with Crippen LogP contribution >= 0.6 is 11.3 Å². The number of nitrogens with one attached hydrogen (secondary N) is 1. The van der Waals surface area contributed by atoms with E-state index in [2.05, 4.69) is 17.2 Å². The van der Waals surface area contributed by atoms with Crippen molar-refractivity contribution in [3.63, 3.8) is 0 Å². The van der Waals surface area contributed by atoms with Gasteiger partial charge in [0.15, 0.2) is 0 Å². The molecular weight excluding hydrogens is 275 g/mol. The minimum atomic E-state index is -0.519. The number of rotatable bonds is 3. The Morgan fingerprint density at radius 3 is 2.90 bits per heavy atom. The third-order valence-corrected chi connectivity index (χ3v) is 3.32. The summed E-state index contributed by atoms with van der Waals surface area (Å²) in [6, 6.07) is 6.14. The largest absolute Gasteiger partial charge is 0.348 e. The van der Waals surface area contributed by atoms with Gasteiger partial charge in [0.1, 0.15) is 5.82 Å². The standard InChI is InChI=1S/C15H13FN2OS/c16-14-8-13(4-3-12(14)2-1-6-17)15(19)18-9-11-5-7-20-10-11/h3-5,7-8,10H,6,9,17H2,(H,18,19). The first-order chi connectivity index (χ1) is 9.70. The number of amides is 1. The monoisotopic (exact) mass is 288 g/mol. The van der Waals surface area contributed by atoms with Gasteiger partial charge in [0.05, 0.1) is 12.1 Å². The molecule has 0 aliphatic heterocycles. The summed E-state index contributed by atoms with van der Waals surface area (Å²) in [5, 5.41) is 6.62. The molecule has 1 amide bonds. The van der Waals surface area contributed by atoms with Gasteiger partial charge in [-0.3, -0.25) is 4.79 Å². The lowest BCUT2D eigenvalue weighted by molar-refractivity contribution is 0.0950. The lowest BCUT2D eigenvalue weighted by Crippen LogP contribution is -2.22. The van der Waals surface area contributed by atoms with Crippen molar-refractivity contribution in [1.29, 1.82) is 0 Å². The van der Waals surface area contributed by atoms with Crippen molar-refractivity contribution in [2.75, 3.05) is 6.54 Å². The maximum atomic E-state index is 13.7. The molecule has 0 radical (unpaired) electrons. The first-order valence-corrected chi connectivity index (χ1v) is 6.92. The summed E-state index contributed by atoms with van der Waals surface area (Å²) in [5.74, 6) is 4.36. The van der Waals surface area contributed by atoms with Crippen LogP contribution in [0.3, 0.4) is 0 Å². The third kappa shape index (κ3) is 3.67. The molecule has 0 bridgehead atoms. The van der Waals surface area contributed by atoms with E-state index in [9.17, 15) is 9.18 Å². The van der Waals surface area contributed by atoms with E-state index >= 15 is 0 Å². The van der Waals surface area contributed by atoms with E-state index in [0.717, 1.165) is 5.56 Å². The fourth-order valence-corrected chi connectivity index (χ4v) is 2.25. The second-order valence-electron chi connectivity index (χ2n) is 4.01. The van der Waals surface area contributed by atoms with Crippen LogP contribution in [-0.2, 0) is 6.54 Å². The SMILES string of the molecule is NCC#Cc1ccc(C(=O)NCc2ccsc2)cc1F. The second-order valence-corrected chi connectivity index (χ2v) is 4.79. The third-order valence-electron chi connectivity index (χ3n) is 2.59. The maximum Gasteiger partial charge on any atom is 0.251 e. The Hall–Kier alpha value is -2.16. The Balaban J connectivity index is 2.05. The first-order valence-electron chi connectivity index (χ1n) is 5.98. The van der Waals surface area contributed by atoms with Gasteiger partial charge in [0.25, 0.3) is 5.91 Å². The van der Waals surface area contributed by atoms with Crippen LogP contribution in [0, 0.1) is 17.7 Å². The van der Waals surface area contributed by atoms with Crippen LogP contribution in [0.15, 0.2) is 35.0 Å². The Bertz CT molecular complexity index is 656. The molecule has 2 aromatic rings.